The fourth-order valence-corrected chi connectivity index (χ4v) is 3.02. The quantitative estimate of drug-likeness (QED) is 0.411. The topological polar surface area (TPSA) is 78.2 Å². The van der Waals surface area contributed by atoms with Crippen LogP contribution in [-0.4, -0.2) is 18.1 Å². The number of anilines is 2. The van der Waals surface area contributed by atoms with Gasteiger partial charge in [0.2, 0.25) is 0 Å². The van der Waals surface area contributed by atoms with Crippen molar-refractivity contribution in [3.63, 3.8) is 0 Å². The summed E-state index contributed by atoms with van der Waals surface area (Å²) in [6.45, 7) is 0. The van der Waals surface area contributed by atoms with Crippen molar-refractivity contribution in [1.82, 2.24) is 4.98 Å². The molecule has 2 heterocycles. The predicted octanol–water partition coefficient (Wildman–Crippen LogP) is 3.99. The third kappa shape index (κ3) is 4.34. The van der Waals surface area contributed by atoms with E-state index in [1.54, 1.807) is 5.38 Å². The van der Waals surface area contributed by atoms with Crippen LogP contribution in [0.3, 0.4) is 0 Å². The number of pyridine rings is 1. The summed E-state index contributed by atoms with van der Waals surface area (Å²) in [6, 6.07) is 6.18. The summed E-state index contributed by atoms with van der Waals surface area (Å²) < 4.78 is 43.4. The van der Waals surface area contributed by atoms with E-state index in [0.29, 0.717) is 21.1 Å². The molecule has 0 atom stereocenters. The van der Waals surface area contributed by atoms with Crippen molar-refractivity contribution in [2.75, 3.05) is 12.4 Å². The summed E-state index contributed by atoms with van der Waals surface area (Å²) in [4.78, 5) is 15.9. The van der Waals surface area contributed by atoms with E-state index in [4.69, 9.17) is 0 Å². The van der Waals surface area contributed by atoms with E-state index in [-0.39, 0.29) is 11.3 Å². The molecule has 0 aliphatic carbocycles. The van der Waals surface area contributed by atoms with Gasteiger partial charge in [0, 0.05) is 11.1 Å². The van der Waals surface area contributed by atoms with Gasteiger partial charge in [0.1, 0.15) is 5.56 Å². The second-order valence-electron chi connectivity index (χ2n) is 5.41. The zero-order chi connectivity index (χ0) is 19.6. The van der Waals surface area contributed by atoms with Crippen LogP contribution in [-0.2, 0) is 10.9 Å². The minimum absolute atomic E-state index is 0.0605. The predicted molar refractivity (Wildman–Crippen MR) is 92.6 cm³/mol. The van der Waals surface area contributed by atoms with Gasteiger partial charge in [-0.05, 0) is 24.3 Å². The first-order chi connectivity index (χ1) is 12.8. The zero-order valence-electron chi connectivity index (χ0n) is 13.8. The highest BCUT2D eigenvalue weighted by molar-refractivity contribution is 7.14. The highest BCUT2D eigenvalue weighted by Gasteiger charge is 2.30. The van der Waals surface area contributed by atoms with Gasteiger partial charge in [0.25, 0.3) is 0 Å². The van der Waals surface area contributed by atoms with Gasteiger partial charge in [0.05, 0.1) is 23.9 Å². The first-order valence-electron chi connectivity index (χ1n) is 7.48. The van der Waals surface area contributed by atoms with Gasteiger partial charge in [-0.2, -0.15) is 17.9 Å². The van der Waals surface area contributed by atoms with Crippen LogP contribution in [0.1, 0.15) is 15.9 Å². The van der Waals surface area contributed by atoms with Gasteiger partial charge < -0.3 is 15.3 Å². The Morgan fingerprint density at radius 3 is 2.78 bits per heavy atom. The molecule has 27 heavy (non-hydrogen) atoms. The first-order valence-corrected chi connectivity index (χ1v) is 8.36. The molecular formula is C17H12F3N3O3S. The van der Waals surface area contributed by atoms with Crippen molar-refractivity contribution in [1.29, 1.82) is 0 Å². The second kappa shape index (κ2) is 7.23. The van der Waals surface area contributed by atoms with Crippen LogP contribution in [0.15, 0.2) is 48.1 Å². The number of thiazole rings is 1. The highest BCUT2D eigenvalue weighted by atomic mass is 32.1. The average Bonchev–Trinajstić information content (AvgIpc) is 3.08. The number of ether oxygens (including phenoxy) is 1. The molecule has 10 heteroatoms. The molecular weight excluding hydrogens is 383 g/mol. The molecule has 1 aromatic carbocycles. The summed E-state index contributed by atoms with van der Waals surface area (Å²) in [5.41, 5.74) is 0.284. The van der Waals surface area contributed by atoms with Gasteiger partial charge >= 0.3 is 12.1 Å². The number of alkyl halides is 3. The molecule has 3 rings (SSSR count). The molecule has 0 unspecified atom stereocenters. The molecule has 0 bridgehead atoms. The number of carbonyl (C=O) groups excluding carboxylic acids is 1. The Kier molecular flexibility index (Phi) is 5.00. The molecule has 2 aromatic heterocycles. The largest absolute Gasteiger partial charge is 0.619 e. The van der Waals surface area contributed by atoms with Gasteiger partial charge in [0.15, 0.2) is 17.5 Å². The molecule has 0 aliphatic rings. The van der Waals surface area contributed by atoms with Gasteiger partial charge in [-0.15, -0.1) is 11.3 Å². The van der Waals surface area contributed by atoms with Gasteiger partial charge in [-0.1, -0.05) is 6.07 Å². The number of nitrogens with zero attached hydrogens (tertiary/aromatic N) is 2. The van der Waals surface area contributed by atoms with E-state index < -0.39 is 17.7 Å². The number of hydrogen-bond acceptors (Lipinski definition) is 6. The van der Waals surface area contributed by atoms with Crippen LogP contribution in [0.4, 0.5) is 24.0 Å². The number of rotatable bonds is 4. The van der Waals surface area contributed by atoms with E-state index in [1.165, 1.54) is 31.5 Å². The molecule has 140 valence electrons. The van der Waals surface area contributed by atoms with Crippen molar-refractivity contribution in [2.24, 2.45) is 0 Å². The van der Waals surface area contributed by atoms with E-state index in [0.717, 1.165) is 29.7 Å². The maximum Gasteiger partial charge on any atom is 0.416 e. The SMILES string of the molecule is COC(=O)c1cc(-c2csc(Nc3cccc(C(F)(F)F)c3)n2)c[n+]([O-])c1. The number of esters is 1. The van der Waals surface area contributed by atoms with E-state index in [1.807, 2.05) is 0 Å². The van der Waals surface area contributed by atoms with E-state index in [9.17, 15) is 23.2 Å². The summed E-state index contributed by atoms with van der Waals surface area (Å²) in [6.07, 6.45) is -2.14. The van der Waals surface area contributed by atoms with Crippen molar-refractivity contribution in [3.05, 3.63) is 64.4 Å². The fraction of sp³-hybridized carbons (Fsp3) is 0.118. The van der Waals surface area contributed by atoms with Crippen molar-refractivity contribution in [3.8, 4) is 11.3 Å². The Morgan fingerprint density at radius 2 is 2.07 bits per heavy atom. The number of aromatic nitrogens is 2. The van der Waals surface area contributed by atoms with Gasteiger partial charge in [-0.25, -0.2) is 9.78 Å². The van der Waals surface area contributed by atoms with Crippen LogP contribution in [0.25, 0.3) is 11.3 Å². The summed E-state index contributed by atoms with van der Waals surface area (Å²) in [5, 5.41) is 16.5. The highest BCUT2D eigenvalue weighted by Crippen LogP contribution is 2.32. The lowest BCUT2D eigenvalue weighted by Crippen LogP contribution is -2.27. The molecule has 6 nitrogen and oxygen atoms in total. The fourth-order valence-electron chi connectivity index (χ4n) is 2.28. The van der Waals surface area contributed by atoms with E-state index >= 15 is 0 Å². The molecule has 0 saturated carbocycles. The number of hydrogen-bond donors (Lipinski definition) is 1. The molecule has 1 N–H and O–H groups in total. The Morgan fingerprint density at radius 1 is 1.30 bits per heavy atom. The van der Waals surface area contributed by atoms with Crippen LogP contribution in [0.2, 0.25) is 0 Å². The molecule has 0 fully saturated rings. The Bertz CT molecular complexity index is 989. The molecule has 0 spiro atoms. The monoisotopic (exact) mass is 395 g/mol. The van der Waals surface area contributed by atoms with Crippen LogP contribution < -0.4 is 10.0 Å². The number of nitrogens with one attached hydrogen (secondary N) is 1. The minimum atomic E-state index is -4.44. The summed E-state index contributed by atoms with van der Waals surface area (Å²) in [7, 11) is 1.20. The van der Waals surface area contributed by atoms with Crippen molar-refractivity contribution >= 4 is 28.1 Å². The number of halogens is 3. The lowest BCUT2D eigenvalue weighted by molar-refractivity contribution is -0.605. The van der Waals surface area contributed by atoms with Crippen LogP contribution in [0, 0.1) is 5.21 Å². The Balaban J connectivity index is 1.86. The normalized spacial score (nSPS) is 11.3. The average molecular weight is 395 g/mol. The standard InChI is InChI=1S/C17H12F3N3O3S/c1-26-15(24)11-5-10(7-23(25)8-11)14-9-27-16(22-14)21-13-4-2-3-12(6-13)17(18,19)20/h2-9H,1H3,(H,21,22). The lowest BCUT2D eigenvalue weighted by atomic mass is 10.1. The van der Waals surface area contributed by atoms with Crippen molar-refractivity contribution in [2.45, 2.75) is 6.18 Å². The molecule has 0 aliphatic heterocycles. The number of methoxy groups -OCH3 is 1. The van der Waals surface area contributed by atoms with Crippen molar-refractivity contribution < 1.29 is 27.4 Å². The van der Waals surface area contributed by atoms with Gasteiger partial charge in [-0.3, -0.25) is 0 Å². The lowest BCUT2D eigenvalue weighted by Gasteiger charge is -2.09. The molecule has 3 aromatic rings. The van der Waals surface area contributed by atoms with Crippen LogP contribution in [0.5, 0.6) is 0 Å². The minimum Gasteiger partial charge on any atom is -0.619 e. The molecule has 0 radical (unpaired) electrons. The molecule has 0 saturated heterocycles. The third-order valence-corrected chi connectivity index (χ3v) is 4.26. The maximum absolute atomic E-state index is 12.8. The Hall–Kier alpha value is -3.14. The second-order valence-corrected chi connectivity index (χ2v) is 6.26. The zero-order valence-corrected chi connectivity index (χ0v) is 14.6. The number of benzene rings is 1. The third-order valence-electron chi connectivity index (χ3n) is 3.51. The smallest absolute Gasteiger partial charge is 0.416 e. The number of carbonyl (C=O) groups is 1. The molecule has 0 amide bonds. The first kappa shape index (κ1) is 18.6. The Labute approximate surface area is 155 Å². The maximum atomic E-state index is 12.8. The van der Waals surface area contributed by atoms with Crippen LogP contribution >= 0.6 is 11.3 Å². The summed E-state index contributed by atoms with van der Waals surface area (Å²) >= 11 is 1.15. The summed E-state index contributed by atoms with van der Waals surface area (Å²) in [5.74, 6) is -0.668. The van der Waals surface area contributed by atoms with E-state index in [2.05, 4.69) is 15.0 Å².